The first kappa shape index (κ1) is 12.1. The van der Waals surface area contributed by atoms with E-state index in [0.717, 1.165) is 18.8 Å². The molecule has 1 aromatic rings. The lowest BCUT2D eigenvalue weighted by Gasteiger charge is -2.27. The minimum atomic E-state index is -0.534. The minimum Gasteiger partial charge on any atom is -0.385 e. The van der Waals surface area contributed by atoms with Crippen molar-refractivity contribution in [2.75, 3.05) is 0 Å². The zero-order chi connectivity index (χ0) is 11.6. The first-order valence-electron chi connectivity index (χ1n) is 6.42. The third kappa shape index (κ3) is 2.33. The number of rotatable bonds is 2. The highest BCUT2D eigenvalue weighted by Crippen LogP contribution is 2.40. The van der Waals surface area contributed by atoms with Gasteiger partial charge in [-0.2, -0.15) is 0 Å². The molecule has 90 valence electrons. The molecule has 1 aromatic heterocycles. The van der Waals surface area contributed by atoms with Crippen molar-refractivity contribution < 1.29 is 5.11 Å². The van der Waals surface area contributed by atoms with E-state index in [1.807, 2.05) is 0 Å². The van der Waals surface area contributed by atoms with Crippen molar-refractivity contribution in [1.82, 2.24) is 0 Å². The van der Waals surface area contributed by atoms with Crippen LogP contribution in [0.1, 0.15) is 55.9 Å². The van der Waals surface area contributed by atoms with Crippen molar-refractivity contribution in [3.8, 4) is 0 Å². The SMILES string of the molecule is CCC1CCCC(O)(c2ccsc2C)CC1. The molecule has 0 radical (unpaired) electrons. The lowest BCUT2D eigenvalue weighted by Crippen LogP contribution is -2.25. The van der Waals surface area contributed by atoms with E-state index in [1.165, 1.54) is 36.1 Å². The predicted molar refractivity (Wildman–Crippen MR) is 69.8 cm³/mol. The van der Waals surface area contributed by atoms with Gasteiger partial charge in [0.25, 0.3) is 0 Å². The van der Waals surface area contributed by atoms with Gasteiger partial charge in [-0.05, 0) is 55.5 Å². The molecule has 0 amide bonds. The highest BCUT2D eigenvalue weighted by molar-refractivity contribution is 7.10. The number of thiophene rings is 1. The van der Waals surface area contributed by atoms with Crippen molar-refractivity contribution in [2.24, 2.45) is 5.92 Å². The van der Waals surface area contributed by atoms with Gasteiger partial charge in [-0.1, -0.05) is 19.8 Å². The van der Waals surface area contributed by atoms with Crippen LogP contribution in [0, 0.1) is 12.8 Å². The average Bonchev–Trinajstić information content (AvgIpc) is 2.60. The van der Waals surface area contributed by atoms with Crippen LogP contribution in [0.5, 0.6) is 0 Å². The lowest BCUT2D eigenvalue weighted by molar-refractivity contribution is 0.0195. The lowest BCUT2D eigenvalue weighted by atomic mass is 9.86. The third-order valence-corrected chi connectivity index (χ3v) is 4.95. The molecule has 16 heavy (non-hydrogen) atoms. The molecule has 1 aliphatic carbocycles. The quantitative estimate of drug-likeness (QED) is 0.764. The molecule has 1 N–H and O–H groups in total. The summed E-state index contributed by atoms with van der Waals surface area (Å²) in [5, 5.41) is 12.9. The largest absolute Gasteiger partial charge is 0.385 e. The van der Waals surface area contributed by atoms with Gasteiger partial charge in [0.15, 0.2) is 0 Å². The summed E-state index contributed by atoms with van der Waals surface area (Å²) in [7, 11) is 0. The third-order valence-electron chi connectivity index (χ3n) is 4.11. The normalized spacial score (nSPS) is 31.3. The Labute approximate surface area is 103 Å². The summed E-state index contributed by atoms with van der Waals surface area (Å²) in [5.41, 5.74) is 0.655. The molecule has 2 unspecified atom stereocenters. The average molecular weight is 238 g/mol. The van der Waals surface area contributed by atoms with Crippen LogP contribution in [0.25, 0.3) is 0 Å². The Balaban J connectivity index is 2.16. The summed E-state index contributed by atoms with van der Waals surface area (Å²) in [6, 6.07) is 2.12. The van der Waals surface area contributed by atoms with Gasteiger partial charge >= 0.3 is 0 Å². The van der Waals surface area contributed by atoms with Gasteiger partial charge < -0.3 is 5.11 Å². The molecule has 0 spiro atoms. The van der Waals surface area contributed by atoms with Crippen molar-refractivity contribution in [2.45, 2.75) is 58.0 Å². The maximum Gasteiger partial charge on any atom is 0.0907 e. The number of aryl methyl sites for hydroxylation is 1. The second-order valence-corrected chi connectivity index (χ2v) is 6.25. The van der Waals surface area contributed by atoms with Crippen LogP contribution >= 0.6 is 11.3 Å². The van der Waals surface area contributed by atoms with Gasteiger partial charge in [0, 0.05) is 4.88 Å². The Kier molecular flexibility index (Phi) is 3.70. The summed E-state index contributed by atoms with van der Waals surface area (Å²) < 4.78 is 0. The van der Waals surface area contributed by atoms with E-state index in [4.69, 9.17) is 0 Å². The molecular weight excluding hydrogens is 216 g/mol. The highest BCUT2D eigenvalue weighted by Gasteiger charge is 2.33. The monoisotopic (exact) mass is 238 g/mol. The fourth-order valence-electron chi connectivity index (χ4n) is 2.94. The van der Waals surface area contributed by atoms with Gasteiger partial charge in [-0.3, -0.25) is 0 Å². The number of hydrogen-bond donors (Lipinski definition) is 1. The Hall–Kier alpha value is -0.340. The van der Waals surface area contributed by atoms with Crippen molar-refractivity contribution in [1.29, 1.82) is 0 Å². The van der Waals surface area contributed by atoms with Crippen molar-refractivity contribution >= 4 is 11.3 Å². The van der Waals surface area contributed by atoms with Crippen LogP contribution in [-0.4, -0.2) is 5.11 Å². The Morgan fingerprint density at radius 3 is 2.88 bits per heavy atom. The summed E-state index contributed by atoms with van der Waals surface area (Å²) in [6.45, 7) is 4.39. The molecule has 1 fully saturated rings. The molecule has 0 aliphatic heterocycles. The van der Waals surface area contributed by atoms with Crippen LogP contribution in [0.15, 0.2) is 11.4 Å². The molecule has 1 nitrogen and oxygen atoms in total. The summed E-state index contributed by atoms with van der Waals surface area (Å²) >= 11 is 1.75. The molecular formula is C14H22OS. The number of aliphatic hydroxyl groups is 1. The molecule has 1 heterocycles. The van der Waals surface area contributed by atoms with Gasteiger partial charge in [0.1, 0.15) is 0 Å². The van der Waals surface area contributed by atoms with Crippen LogP contribution in [0.2, 0.25) is 0 Å². The van der Waals surface area contributed by atoms with E-state index in [1.54, 1.807) is 11.3 Å². The summed E-state index contributed by atoms with van der Waals surface area (Å²) in [6.07, 6.45) is 6.80. The van der Waals surface area contributed by atoms with E-state index in [0.29, 0.717) is 0 Å². The second-order valence-electron chi connectivity index (χ2n) is 5.13. The molecule has 2 heteroatoms. The zero-order valence-corrected chi connectivity index (χ0v) is 11.1. The minimum absolute atomic E-state index is 0.534. The highest BCUT2D eigenvalue weighted by atomic mass is 32.1. The zero-order valence-electron chi connectivity index (χ0n) is 10.3. The van der Waals surface area contributed by atoms with Crippen molar-refractivity contribution in [3.63, 3.8) is 0 Å². The first-order valence-corrected chi connectivity index (χ1v) is 7.30. The molecule has 1 aliphatic rings. The second kappa shape index (κ2) is 4.89. The Morgan fingerprint density at radius 1 is 1.44 bits per heavy atom. The smallest absolute Gasteiger partial charge is 0.0907 e. The molecule has 0 bridgehead atoms. The molecule has 2 atom stereocenters. The topological polar surface area (TPSA) is 20.2 Å². The van der Waals surface area contributed by atoms with Gasteiger partial charge in [-0.25, -0.2) is 0 Å². The Morgan fingerprint density at radius 2 is 2.25 bits per heavy atom. The fraction of sp³-hybridized carbons (Fsp3) is 0.714. The maximum atomic E-state index is 10.8. The first-order chi connectivity index (χ1) is 7.65. The standard InChI is InChI=1S/C14H22OS/c1-3-12-5-4-8-14(15,9-6-12)13-7-10-16-11(13)2/h7,10,12,15H,3-6,8-9H2,1-2H3. The van der Waals surface area contributed by atoms with Crippen LogP contribution < -0.4 is 0 Å². The molecule has 0 saturated heterocycles. The molecule has 0 aromatic carbocycles. The maximum absolute atomic E-state index is 10.8. The Bertz CT molecular complexity index is 344. The van der Waals surface area contributed by atoms with Crippen LogP contribution in [0.3, 0.4) is 0 Å². The van der Waals surface area contributed by atoms with Crippen LogP contribution in [0.4, 0.5) is 0 Å². The van der Waals surface area contributed by atoms with Gasteiger partial charge in [-0.15, -0.1) is 11.3 Å². The molecule has 1 saturated carbocycles. The van der Waals surface area contributed by atoms with Gasteiger partial charge in [0.2, 0.25) is 0 Å². The van der Waals surface area contributed by atoms with Crippen LogP contribution in [-0.2, 0) is 5.60 Å². The van der Waals surface area contributed by atoms with E-state index < -0.39 is 5.60 Å². The molecule has 2 rings (SSSR count). The predicted octanol–water partition coefficient (Wildman–Crippen LogP) is 4.23. The summed E-state index contributed by atoms with van der Waals surface area (Å²) in [5.74, 6) is 0.827. The van der Waals surface area contributed by atoms with Gasteiger partial charge in [0.05, 0.1) is 5.60 Å². The van der Waals surface area contributed by atoms with E-state index in [2.05, 4.69) is 25.3 Å². The van der Waals surface area contributed by atoms with E-state index in [9.17, 15) is 5.11 Å². The number of hydrogen-bond acceptors (Lipinski definition) is 2. The van der Waals surface area contributed by atoms with E-state index >= 15 is 0 Å². The summed E-state index contributed by atoms with van der Waals surface area (Å²) in [4.78, 5) is 1.29. The fourth-order valence-corrected chi connectivity index (χ4v) is 3.73. The van der Waals surface area contributed by atoms with E-state index in [-0.39, 0.29) is 0 Å². The van der Waals surface area contributed by atoms with Crippen molar-refractivity contribution in [3.05, 3.63) is 21.9 Å².